The van der Waals surface area contributed by atoms with Crippen LogP contribution in [0.25, 0.3) is 0 Å². The number of rotatable bonds is 5. The molecule has 102 valence electrons. The third-order valence-corrected chi connectivity index (χ3v) is 2.36. The fraction of sp³-hybridized carbons (Fsp3) is 0.250. The third kappa shape index (κ3) is 4.35. The van der Waals surface area contributed by atoms with E-state index in [4.69, 9.17) is 11.6 Å². The number of hydrogen-bond acceptors (Lipinski definition) is 5. The molecule has 1 aromatic carbocycles. The molecule has 7 heteroatoms. The van der Waals surface area contributed by atoms with E-state index in [9.17, 15) is 14.4 Å². The molecule has 0 radical (unpaired) electrons. The maximum atomic E-state index is 11.4. The number of halogens is 1. The minimum Gasteiger partial charge on any atom is -0.465 e. The molecule has 0 spiro atoms. The van der Waals surface area contributed by atoms with Crippen LogP contribution in [0.15, 0.2) is 18.2 Å². The van der Waals surface area contributed by atoms with Gasteiger partial charge >= 0.3 is 5.97 Å². The second-order valence-electron chi connectivity index (χ2n) is 3.55. The standard InChI is InChI=1S/C12H12ClNO5/c1-18-6-10(15)14-9-4-7(11(13)16)3-8(5-9)12(17)19-2/h3-5H,6H2,1-2H3,(H,14,15). The van der Waals surface area contributed by atoms with Gasteiger partial charge in [-0.2, -0.15) is 0 Å². The van der Waals surface area contributed by atoms with Gasteiger partial charge in [0.25, 0.3) is 5.24 Å². The highest BCUT2D eigenvalue weighted by Gasteiger charge is 2.13. The second kappa shape index (κ2) is 6.86. The molecule has 0 aliphatic heterocycles. The molecule has 0 saturated heterocycles. The summed E-state index contributed by atoms with van der Waals surface area (Å²) >= 11 is 5.36. The van der Waals surface area contributed by atoms with Gasteiger partial charge in [0, 0.05) is 18.4 Å². The Morgan fingerprint density at radius 1 is 1.16 bits per heavy atom. The van der Waals surface area contributed by atoms with E-state index in [1.54, 1.807) is 0 Å². The number of hydrogen-bond donors (Lipinski definition) is 1. The van der Waals surface area contributed by atoms with Gasteiger partial charge in [0.1, 0.15) is 6.61 Å². The summed E-state index contributed by atoms with van der Waals surface area (Å²) in [6, 6.07) is 4.02. The predicted octanol–water partition coefficient (Wildman–Crippen LogP) is 1.44. The van der Waals surface area contributed by atoms with Crippen molar-refractivity contribution in [3.63, 3.8) is 0 Å². The molecule has 0 aromatic heterocycles. The van der Waals surface area contributed by atoms with Gasteiger partial charge < -0.3 is 14.8 Å². The zero-order valence-electron chi connectivity index (χ0n) is 10.4. The van der Waals surface area contributed by atoms with Crippen LogP contribution < -0.4 is 5.32 Å². The van der Waals surface area contributed by atoms with Crippen molar-refractivity contribution in [2.75, 3.05) is 26.1 Å². The van der Waals surface area contributed by atoms with Crippen LogP contribution in [-0.4, -0.2) is 37.9 Å². The van der Waals surface area contributed by atoms with Gasteiger partial charge in [-0.3, -0.25) is 9.59 Å². The number of carbonyl (C=O) groups excluding carboxylic acids is 3. The number of methoxy groups -OCH3 is 2. The quantitative estimate of drug-likeness (QED) is 0.654. The zero-order valence-corrected chi connectivity index (χ0v) is 11.1. The molecule has 0 aliphatic carbocycles. The highest BCUT2D eigenvalue weighted by atomic mass is 35.5. The first-order chi connectivity index (χ1) is 8.97. The topological polar surface area (TPSA) is 81.7 Å². The number of esters is 1. The fourth-order valence-corrected chi connectivity index (χ4v) is 1.49. The predicted molar refractivity (Wildman–Crippen MR) is 68.5 cm³/mol. The Balaban J connectivity index is 3.09. The first-order valence-corrected chi connectivity index (χ1v) is 5.57. The highest BCUT2D eigenvalue weighted by Crippen LogP contribution is 2.17. The number of amides is 1. The van der Waals surface area contributed by atoms with Crippen molar-refractivity contribution in [1.82, 2.24) is 0 Å². The van der Waals surface area contributed by atoms with E-state index < -0.39 is 17.1 Å². The molecule has 0 saturated carbocycles. The molecule has 0 unspecified atom stereocenters. The summed E-state index contributed by atoms with van der Waals surface area (Å²) in [6.07, 6.45) is 0. The van der Waals surface area contributed by atoms with Crippen molar-refractivity contribution < 1.29 is 23.9 Å². The number of benzene rings is 1. The van der Waals surface area contributed by atoms with Gasteiger partial charge in [0.05, 0.1) is 12.7 Å². The van der Waals surface area contributed by atoms with Crippen molar-refractivity contribution >= 4 is 34.4 Å². The van der Waals surface area contributed by atoms with E-state index in [1.165, 1.54) is 32.4 Å². The Morgan fingerprint density at radius 3 is 2.32 bits per heavy atom. The first kappa shape index (κ1) is 15.1. The van der Waals surface area contributed by atoms with Gasteiger partial charge in [0.15, 0.2) is 0 Å². The number of carbonyl (C=O) groups is 3. The van der Waals surface area contributed by atoms with Crippen molar-refractivity contribution in [3.05, 3.63) is 29.3 Å². The van der Waals surface area contributed by atoms with Crippen molar-refractivity contribution in [1.29, 1.82) is 0 Å². The van der Waals surface area contributed by atoms with Crippen LogP contribution in [0, 0.1) is 0 Å². The van der Waals surface area contributed by atoms with E-state index in [1.807, 2.05) is 0 Å². The van der Waals surface area contributed by atoms with E-state index in [-0.39, 0.29) is 23.4 Å². The van der Waals surface area contributed by atoms with Gasteiger partial charge in [0.2, 0.25) is 5.91 Å². The molecule has 0 bridgehead atoms. The Kier molecular flexibility index (Phi) is 5.47. The van der Waals surface area contributed by atoms with Crippen LogP contribution >= 0.6 is 11.6 Å². The molecule has 1 rings (SSSR count). The van der Waals surface area contributed by atoms with Crippen LogP contribution in [0.4, 0.5) is 5.69 Å². The summed E-state index contributed by atoms with van der Waals surface area (Å²) in [5.41, 5.74) is 0.452. The maximum Gasteiger partial charge on any atom is 0.337 e. The molecule has 0 aliphatic rings. The Morgan fingerprint density at radius 2 is 1.79 bits per heavy atom. The van der Waals surface area contributed by atoms with E-state index >= 15 is 0 Å². The molecule has 1 aromatic rings. The zero-order chi connectivity index (χ0) is 14.4. The average molecular weight is 286 g/mol. The molecule has 1 amide bonds. The van der Waals surface area contributed by atoms with E-state index in [0.29, 0.717) is 0 Å². The van der Waals surface area contributed by atoms with Gasteiger partial charge in [-0.15, -0.1) is 0 Å². The number of nitrogens with one attached hydrogen (secondary N) is 1. The van der Waals surface area contributed by atoms with Crippen molar-refractivity contribution in [2.45, 2.75) is 0 Å². The van der Waals surface area contributed by atoms with Crippen LogP contribution in [-0.2, 0) is 14.3 Å². The largest absolute Gasteiger partial charge is 0.465 e. The lowest BCUT2D eigenvalue weighted by atomic mass is 10.1. The smallest absolute Gasteiger partial charge is 0.337 e. The van der Waals surface area contributed by atoms with Crippen LogP contribution in [0.1, 0.15) is 20.7 Å². The summed E-state index contributed by atoms with van der Waals surface area (Å²) in [5.74, 6) is -1.06. The van der Waals surface area contributed by atoms with Crippen molar-refractivity contribution in [2.24, 2.45) is 0 Å². The Hall–Kier alpha value is -1.92. The summed E-state index contributed by atoms with van der Waals surface area (Å²) in [6.45, 7) is -0.146. The SMILES string of the molecule is COCC(=O)Nc1cc(C(=O)Cl)cc(C(=O)OC)c1. The minimum atomic E-state index is -0.743. The van der Waals surface area contributed by atoms with Crippen molar-refractivity contribution in [3.8, 4) is 0 Å². The average Bonchev–Trinajstić information content (AvgIpc) is 2.37. The first-order valence-electron chi connectivity index (χ1n) is 5.20. The monoisotopic (exact) mass is 285 g/mol. The van der Waals surface area contributed by atoms with Crippen LogP contribution in [0.3, 0.4) is 0 Å². The molecular formula is C12H12ClNO5. The summed E-state index contributed by atoms with van der Waals surface area (Å²) in [7, 11) is 2.58. The Labute approximate surface area is 114 Å². The van der Waals surface area contributed by atoms with Gasteiger partial charge in [-0.05, 0) is 29.8 Å². The lowest BCUT2D eigenvalue weighted by Crippen LogP contribution is -2.18. The molecular weight excluding hydrogens is 274 g/mol. The van der Waals surface area contributed by atoms with Crippen LogP contribution in [0.2, 0.25) is 0 Å². The van der Waals surface area contributed by atoms with E-state index in [0.717, 1.165) is 0 Å². The fourth-order valence-electron chi connectivity index (χ4n) is 1.38. The summed E-state index contributed by atoms with van der Waals surface area (Å²) < 4.78 is 9.20. The molecule has 19 heavy (non-hydrogen) atoms. The number of ether oxygens (including phenoxy) is 2. The van der Waals surface area contributed by atoms with E-state index in [2.05, 4.69) is 14.8 Å². The molecule has 1 N–H and O–H groups in total. The number of anilines is 1. The lowest BCUT2D eigenvalue weighted by Gasteiger charge is -2.08. The lowest BCUT2D eigenvalue weighted by molar-refractivity contribution is -0.119. The molecule has 0 atom stereocenters. The molecule has 0 fully saturated rings. The Bertz CT molecular complexity index is 515. The summed E-state index contributed by atoms with van der Waals surface area (Å²) in [5, 5.41) is 1.73. The maximum absolute atomic E-state index is 11.4. The normalized spacial score (nSPS) is 9.84. The van der Waals surface area contributed by atoms with Crippen LogP contribution in [0.5, 0.6) is 0 Å². The summed E-state index contributed by atoms with van der Waals surface area (Å²) in [4.78, 5) is 34.0. The van der Waals surface area contributed by atoms with Gasteiger partial charge in [-0.1, -0.05) is 0 Å². The molecule has 6 nitrogen and oxygen atoms in total. The highest BCUT2D eigenvalue weighted by molar-refractivity contribution is 6.67. The minimum absolute atomic E-state index is 0.0808. The molecule has 0 heterocycles. The third-order valence-electron chi connectivity index (χ3n) is 2.14. The second-order valence-corrected chi connectivity index (χ2v) is 3.89. The van der Waals surface area contributed by atoms with Gasteiger partial charge in [-0.25, -0.2) is 4.79 Å².